The van der Waals surface area contributed by atoms with Crippen LogP contribution in [-0.4, -0.2) is 31.4 Å². The highest BCUT2D eigenvalue weighted by molar-refractivity contribution is 5.62. The third kappa shape index (κ3) is 3.53. The molecule has 1 saturated heterocycles. The van der Waals surface area contributed by atoms with E-state index in [-0.39, 0.29) is 6.61 Å². The van der Waals surface area contributed by atoms with Crippen molar-refractivity contribution in [2.24, 2.45) is 5.92 Å². The number of nitrogens with two attached hydrogens (primary N) is 1. The van der Waals surface area contributed by atoms with E-state index in [0.29, 0.717) is 18.2 Å². The Morgan fingerprint density at radius 1 is 1.47 bits per heavy atom. The Balaban J connectivity index is 2.04. The summed E-state index contributed by atoms with van der Waals surface area (Å²) in [5.41, 5.74) is 7.79. The number of anilines is 2. The average Bonchev–Trinajstić information content (AvgIpc) is 2.87. The number of aliphatic hydroxyl groups is 1. The quantitative estimate of drug-likeness (QED) is 0.774. The van der Waals surface area contributed by atoms with Gasteiger partial charge in [-0.3, -0.25) is 0 Å². The van der Waals surface area contributed by atoms with E-state index in [1.807, 2.05) is 12.1 Å². The molecule has 1 aromatic rings. The van der Waals surface area contributed by atoms with E-state index in [4.69, 9.17) is 15.6 Å². The lowest BCUT2D eigenvalue weighted by Crippen LogP contribution is -2.20. The summed E-state index contributed by atoms with van der Waals surface area (Å²) in [5, 5.41) is 9.01. The zero-order chi connectivity index (χ0) is 13.7. The van der Waals surface area contributed by atoms with Crippen LogP contribution in [0.25, 0.3) is 0 Å². The van der Waals surface area contributed by atoms with Crippen molar-refractivity contribution in [1.82, 2.24) is 0 Å². The Labute approximate surface area is 115 Å². The van der Waals surface area contributed by atoms with E-state index >= 15 is 0 Å². The largest absolute Gasteiger partial charge is 0.491 e. The van der Waals surface area contributed by atoms with Crippen molar-refractivity contribution >= 4 is 11.4 Å². The maximum absolute atomic E-state index is 9.01. The number of hydrogen-bond acceptors (Lipinski definition) is 4. The molecule has 1 atom stereocenters. The second kappa shape index (κ2) is 6.66. The van der Waals surface area contributed by atoms with Gasteiger partial charge in [0.1, 0.15) is 5.75 Å². The molecule has 0 radical (unpaired) electrons. The lowest BCUT2D eigenvalue weighted by Gasteiger charge is -2.20. The summed E-state index contributed by atoms with van der Waals surface area (Å²) in [6, 6.07) is 6.00. The molecule has 1 aromatic carbocycles. The smallest absolute Gasteiger partial charge is 0.144 e. The summed E-state index contributed by atoms with van der Waals surface area (Å²) in [4.78, 5) is 2.35. The van der Waals surface area contributed by atoms with Crippen LogP contribution in [-0.2, 0) is 0 Å². The van der Waals surface area contributed by atoms with Gasteiger partial charge in [-0.2, -0.15) is 0 Å². The molecule has 3 N–H and O–H groups in total. The molecule has 4 nitrogen and oxygen atoms in total. The molecule has 1 heterocycles. The standard InChI is InChI=1S/C15H24N2O2/c1-2-9-19-15-10-13(3-4-14(15)16)17-7-5-12(11-17)6-8-18/h3-4,10,12,18H,2,5-9,11,16H2,1H3. The molecule has 1 fully saturated rings. The maximum Gasteiger partial charge on any atom is 0.144 e. The van der Waals surface area contributed by atoms with Crippen molar-refractivity contribution < 1.29 is 9.84 Å². The molecular weight excluding hydrogens is 240 g/mol. The fourth-order valence-corrected chi connectivity index (χ4v) is 2.54. The number of ether oxygens (including phenoxy) is 1. The van der Waals surface area contributed by atoms with Gasteiger partial charge in [-0.05, 0) is 37.3 Å². The normalized spacial score (nSPS) is 18.8. The lowest BCUT2D eigenvalue weighted by atomic mass is 10.1. The molecule has 0 amide bonds. The van der Waals surface area contributed by atoms with Crippen LogP contribution < -0.4 is 15.4 Å². The Morgan fingerprint density at radius 2 is 2.32 bits per heavy atom. The number of benzene rings is 1. The van der Waals surface area contributed by atoms with E-state index < -0.39 is 0 Å². The molecule has 19 heavy (non-hydrogen) atoms. The summed E-state index contributed by atoms with van der Waals surface area (Å²) < 4.78 is 5.67. The van der Waals surface area contributed by atoms with Gasteiger partial charge in [-0.15, -0.1) is 0 Å². The summed E-state index contributed by atoms with van der Waals surface area (Å²) in [6.07, 6.45) is 3.02. The molecule has 0 bridgehead atoms. The number of rotatable bonds is 6. The summed E-state index contributed by atoms with van der Waals surface area (Å²) in [6.45, 7) is 5.12. The first-order valence-electron chi connectivity index (χ1n) is 7.12. The molecule has 0 spiro atoms. The van der Waals surface area contributed by atoms with Crippen LogP contribution >= 0.6 is 0 Å². The van der Waals surface area contributed by atoms with E-state index in [1.165, 1.54) is 5.69 Å². The van der Waals surface area contributed by atoms with Crippen molar-refractivity contribution in [3.8, 4) is 5.75 Å². The van der Waals surface area contributed by atoms with Crippen LogP contribution in [0.4, 0.5) is 11.4 Å². The predicted molar refractivity (Wildman–Crippen MR) is 78.7 cm³/mol. The first kappa shape index (κ1) is 14.0. The van der Waals surface area contributed by atoms with Crippen LogP contribution in [0.1, 0.15) is 26.2 Å². The van der Waals surface area contributed by atoms with Crippen molar-refractivity contribution in [2.75, 3.05) is 36.9 Å². The van der Waals surface area contributed by atoms with Crippen molar-refractivity contribution in [3.05, 3.63) is 18.2 Å². The van der Waals surface area contributed by atoms with Crippen molar-refractivity contribution in [1.29, 1.82) is 0 Å². The second-order valence-electron chi connectivity index (χ2n) is 5.18. The first-order valence-corrected chi connectivity index (χ1v) is 7.12. The molecular formula is C15H24N2O2. The highest BCUT2D eigenvalue weighted by Gasteiger charge is 2.22. The van der Waals surface area contributed by atoms with Gasteiger partial charge < -0.3 is 20.5 Å². The molecule has 1 unspecified atom stereocenters. The zero-order valence-electron chi connectivity index (χ0n) is 11.6. The van der Waals surface area contributed by atoms with Gasteiger partial charge in [0.15, 0.2) is 0 Å². The molecule has 2 rings (SSSR count). The molecule has 1 aliphatic rings. The van der Waals surface area contributed by atoms with Gasteiger partial charge >= 0.3 is 0 Å². The van der Waals surface area contributed by atoms with Crippen LogP contribution in [0.3, 0.4) is 0 Å². The van der Waals surface area contributed by atoms with Gasteiger partial charge in [0.05, 0.1) is 12.3 Å². The maximum atomic E-state index is 9.01. The molecule has 106 valence electrons. The topological polar surface area (TPSA) is 58.7 Å². The van der Waals surface area contributed by atoms with E-state index in [2.05, 4.69) is 17.9 Å². The van der Waals surface area contributed by atoms with Crippen LogP contribution in [0.5, 0.6) is 5.75 Å². The molecule has 4 heteroatoms. The number of hydrogen-bond donors (Lipinski definition) is 2. The summed E-state index contributed by atoms with van der Waals surface area (Å²) >= 11 is 0. The fourth-order valence-electron chi connectivity index (χ4n) is 2.54. The molecule has 0 saturated carbocycles. The Bertz CT molecular complexity index is 409. The van der Waals surface area contributed by atoms with Crippen molar-refractivity contribution in [2.45, 2.75) is 26.2 Å². The summed E-state index contributed by atoms with van der Waals surface area (Å²) in [5.74, 6) is 1.38. The molecule has 1 aliphatic heterocycles. The average molecular weight is 264 g/mol. The first-order chi connectivity index (χ1) is 9.24. The fraction of sp³-hybridized carbons (Fsp3) is 0.600. The molecule has 0 aromatic heterocycles. The van der Waals surface area contributed by atoms with Gasteiger partial charge in [0.2, 0.25) is 0 Å². The zero-order valence-corrected chi connectivity index (χ0v) is 11.6. The van der Waals surface area contributed by atoms with Gasteiger partial charge in [0, 0.05) is 31.5 Å². The SMILES string of the molecule is CCCOc1cc(N2CCC(CCO)C2)ccc1N. The number of nitrogen functional groups attached to an aromatic ring is 1. The summed E-state index contributed by atoms with van der Waals surface area (Å²) in [7, 11) is 0. The number of nitrogens with zero attached hydrogens (tertiary/aromatic N) is 1. The predicted octanol–water partition coefficient (Wildman–Crippen LogP) is 2.27. The Hall–Kier alpha value is -1.42. The van der Waals surface area contributed by atoms with Gasteiger partial charge in [-0.25, -0.2) is 0 Å². The van der Waals surface area contributed by atoms with E-state index in [9.17, 15) is 0 Å². The monoisotopic (exact) mass is 264 g/mol. The van der Waals surface area contributed by atoms with Crippen molar-refractivity contribution in [3.63, 3.8) is 0 Å². The van der Waals surface area contributed by atoms with Gasteiger partial charge in [0.25, 0.3) is 0 Å². The minimum atomic E-state index is 0.283. The third-order valence-corrected chi connectivity index (χ3v) is 3.65. The third-order valence-electron chi connectivity index (χ3n) is 3.65. The Morgan fingerprint density at radius 3 is 3.05 bits per heavy atom. The van der Waals surface area contributed by atoms with Crippen LogP contribution in [0.2, 0.25) is 0 Å². The highest BCUT2D eigenvalue weighted by Crippen LogP contribution is 2.31. The van der Waals surface area contributed by atoms with Crippen LogP contribution in [0.15, 0.2) is 18.2 Å². The minimum absolute atomic E-state index is 0.283. The second-order valence-corrected chi connectivity index (χ2v) is 5.18. The van der Waals surface area contributed by atoms with E-state index in [1.54, 1.807) is 0 Å². The molecule has 0 aliphatic carbocycles. The van der Waals surface area contributed by atoms with Gasteiger partial charge in [-0.1, -0.05) is 6.92 Å². The Kier molecular flexibility index (Phi) is 4.91. The van der Waals surface area contributed by atoms with E-state index in [0.717, 1.165) is 38.1 Å². The van der Waals surface area contributed by atoms with Crippen LogP contribution in [0, 0.1) is 5.92 Å². The lowest BCUT2D eigenvalue weighted by molar-refractivity contribution is 0.263. The number of aliphatic hydroxyl groups excluding tert-OH is 1. The minimum Gasteiger partial charge on any atom is -0.491 e. The highest BCUT2D eigenvalue weighted by atomic mass is 16.5.